The minimum atomic E-state index is 0.402. The van der Waals surface area contributed by atoms with Crippen LogP contribution in [0, 0.1) is 0 Å². The molecule has 2 rings (SSSR count). The minimum absolute atomic E-state index is 0.402. The van der Waals surface area contributed by atoms with Crippen molar-refractivity contribution in [2.45, 2.75) is 25.8 Å². The van der Waals surface area contributed by atoms with Gasteiger partial charge >= 0.3 is 0 Å². The highest BCUT2D eigenvalue weighted by Crippen LogP contribution is 2.28. The quantitative estimate of drug-likeness (QED) is 0.835. The van der Waals surface area contributed by atoms with E-state index in [-0.39, 0.29) is 0 Å². The number of methoxy groups -OCH3 is 1. The first kappa shape index (κ1) is 13.6. The van der Waals surface area contributed by atoms with E-state index < -0.39 is 0 Å². The van der Waals surface area contributed by atoms with Gasteiger partial charge in [-0.25, -0.2) is 0 Å². The van der Waals surface area contributed by atoms with Crippen molar-refractivity contribution in [1.82, 2.24) is 4.98 Å². The van der Waals surface area contributed by atoms with Gasteiger partial charge in [-0.1, -0.05) is 6.07 Å². The summed E-state index contributed by atoms with van der Waals surface area (Å²) in [5, 5.41) is 4.62. The molecule has 0 unspecified atom stereocenters. The lowest BCUT2D eigenvalue weighted by atomic mass is 10.1. The number of quaternary nitrogens is 1. The molecular weight excluding hydrogens is 238 g/mol. The van der Waals surface area contributed by atoms with Gasteiger partial charge in [-0.15, -0.1) is 0 Å². The van der Waals surface area contributed by atoms with Crippen LogP contribution in [-0.4, -0.2) is 24.7 Å². The number of nitrogens with one attached hydrogen (secondary N) is 1. The number of hydrogen-bond acceptors (Lipinski definition) is 3. The molecule has 0 aliphatic carbocycles. The number of anilines is 1. The van der Waals surface area contributed by atoms with E-state index in [2.05, 4.69) is 29.0 Å². The average Bonchev–Trinajstić information content (AvgIpc) is 2.44. The standard InChI is InChI=1S/C15H21N3O/c1-11(5-3-7-16)18-14-10-13(19-2)9-12-6-4-8-17-15(12)14/h4,6,8-11,18H,3,5,7,16H2,1-2H3/p+1/t11-/m0/s1. The zero-order valence-electron chi connectivity index (χ0n) is 11.6. The van der Waals surface area contributed by atoms with Crippen molar-refractivity contribution < 1.29 is 10.5 Å². The number of rotatable bonds is 6. The van der Waals surface area contributed by atoms with Crippen LogP contribution in [0.5, 0.6) is 5.75 Å². The SMILES string of the molecule is COc1cc(N[C@@H](C)CCC[NH3+])c2ncccc2c1. The van der Waals surface area contributed by atoms with E-state index in [0.29, 0.717) is 6.04 Å². The largest absolute Gasteiger partial charge is 0.497 e. The van der Waals surface area contributed by atoms with E-state index in [1.807, 2.05) is 24.4 Å². The van der Waals surface area contributed by atoms with Crippen molar-refractivity contribution in [3.63, 3.8) is 0 Å². The van der Waals surface area contributed by atoms with E-state index in [9.17, 15) is 0 Å². The molecule has 19 heavy (non-hydrogen) atoms. The van der Waals surface area contributed by atoms with Crippen LogP contribution in [0.3, 0.4) is 0 Å². The normalized spacial score (nSPS) is 12.4. The summed E-state index contributed by atoms with van der Waals surface area (Å²) < 4.78 is 5.35. The Kier molecular flexibility index (Phi) is 4.58. The second kappa shape index (κ2) is 6.38. The van der Waals surface area contributed by atoms with Crippen LogP contribution < -0.4 is 15.8 Å². The third kappa shape index (κ3) is 3.35. The minimum Gasteiger partial charge on any atom is -0.497 e. The molecule has 0 bridgehead atoms. The lowest BCUT2D eigenvalue weighted by Gasteiger charge is -2.16. The van der Waals surface area contributed by atoms with Gasteiger partial charge < -0.3 is 15.8 Å². The molecule has 1 aromatic carbocycles. The summed E-state index contributed by atoms with van der Waals surface area (Å²) >= 11 is 0. The summed E-state index contributed by atoms with van der Waals surface area (Å²) in [6.45, 7) is 3.16. The lowest BCUT2D eigenvalue weighted by Crippen LogP contribution is -2.50. The second-order valence-corrected chi connectivity index (χ2v) is 4.79. The average molecular weight is 260 g/mol. The predicted octanol–water partition coefficient (Wildman–Crippen LogP) is 2.07. The highest BCUT2D eigenvalue weighted by molar-refractivity contribution is 5.91. The number of benzene rings is 1. The predicted molar refractivity (Wildman–Crippen MR) is 78.4 cm³/mol. The molecule has 4 heteroatoms. The number of ether oxygens (including phenoxy) is 1. The molecule has 0 radical (unpaired) electrons. The molecule has 0 aliphatic heterocycles. The van der Waals surface area contributed by atoms with Crippen molar-refractivity contribution in [1.29, 1.82) is 0 Å². The molecular formula is C15H22N3O+. The molecule has 1 heterocycles. The highest BCUT2D eigenvalue weighted by Gasteiger charge is 2.08. The zero-order chi connectivity index (χ0) is 13.7. The third-order valence-corrected chi connectivity index (χ3v) is 3.20. The Morgan fingerprint density at radius 2 is 2.26 bits per heavy atom. The number of nitrogens with zero attached hydrogens (tertiary/aromatic N) is 1. The first-order chi connectivity index (χ1) is 9.24. The fraction of sp³-hybridized carbons (Fsp3) is 0.400. The maximum atomic E-state index is 5.35. The topological polar surface area (TPSA) is 61.8 Å². The molecule has 0 saturated heterocycles. The molecule has 0 spiro atoms. The van der Waals surface area contributed by atoms with Crippen molar-refractivity contribution >= 4 is 16.6 Å². The van der Waals surface area contributed by atoms with Crippen LogP contribution in [0.25, 0.3) is 10.9 Å². The summed E-state index contributed by atoms with van der Waals surface area (Å²) in [7, 11) is 1.69. The van der Waals surface area contributed by atoms with E-state index in [1.54, 1.807) is 7.11 Å². The van der Waals surface area contributed by atoms with Crippen LogP contribution in [-0.2, 0) is 0 Å². The van der Waals surface area contributed by atoms with Crippen molar-refractivity contribution in [2.75, 3.05) is 19.0 Å². The van der Waals surface area contributed by atoms with Gasteiger partial charge in [0.1, 0.15) is 5.75 Å². The van der Waals surface area contributed by atoms with Crippen molar-refractivity contribution in [3.05, 3.63) is 30.5 Å². The molecule has 0 fully saturated rings. The molecule has 4 N–H and O–H groups in total. The maximum Gasteiger partial charge on any atom is 0.121 e. The number of pyridine rings is 1. The maximum absolute atomic E-state index is 5.35. The highest BCUT2D eigenvalue weighted by atomic mass is 16.5. The Morgan fingerprint density at radius 1 is 1.42 bits per heavy atom. The van der Waals surface area contributed by atoms with Gasteiger partial charge in [0.05, 0.1) is 24.9 Å². The monoisotopic (exact) mass is 260 g/mol. The summed E-state index contributed by atoms with van der Waals surface area (Å²) in [6.07, 6.45) is 4.05. The van der Waals surface area contributed by atoms with Crippen LogP contribution in [0.1, 0.15) is 19.8 Å². The third-order valence-electron chi connectivity index (χ3n) is 3.20. The van der Waals surface area contributed by atoms with Crippen molar-refractivity contribution in [3.8, 4) is 5.75 Å². The molecule has 2 aromatic rings. The number of hydrogen-bond donors (Lipinski definition) is 2. The lowest BCUT2D eigenvalue weighted by molar-refractivity contribution is -0.368. The summed E-state index contributed by atoms with van der Waals surface area (Å²) in [5.41, 5.74) is 5.91. The molecule has 0 amide bonds. The van der Waals surface area contributed by atoms with E-state index in [4.69, 9.17) is 4.74 Å². The Hall–Kier alpha value is -1.81. The molecule has 102 valence electrons. The van der Waals surface area contributed by atoms with Gasteiger partial charge in [-0.3, -0.25) is 4.98 Å². The van der Waals surface area contributed by atoms with Gasteiger partial charge in [0.15, 0.2) is 0 Å². The Balaban J connectivity index is 2.29. The Labute approximate surface area is 114 Å². The van der Waals surface area contributed by atoms with Gasteiger partial charge in [0.25, 0.3) is 0 Å². The first-order valence-electron chi connectivity index (χ1n) is 6.73. The van der Waals surface area contributed by atoms with Crippen LogP contribution >= 0.6 is 0 Å². The molecule has 0 saturated carbocycles. The van der Waals surface area contributed by atoms with Gasteiger partial charge in [-0.2, -0.15) is 0 Å². The zero-order valence-corrected chi connectivity index (χ0v) is 11.6. The fourth-order valence-corrected chi connectivity index (χ4v) is 2.18. The number of aromatic nitrogens is 1. The van der Waals surface area contributed by atoms with Gasteiger partial charge in [-0.05, 0) is 31.9 Å². The van der Waals surface area contributed by atoms with Crippen molar-refractivity contribution in [2.24, 2.45) is 0 Å². The van der Waals surface area contributed by atoms with E-state index in [1.165, 1.54) is 0 Å². The molecule has 1 aromatic heterocycles. The molecule has 0 aliphatic rings. The molecule has 4 nitrogen and oxygen atoms in total. The Morgan fingerprint density at radius 3 is 3.00 bits per heavy atom. The van der Waals surface area contributed by atoms with Crippen LogP contribution in [0.4, 0.5) is 5.69 Å². The van der Waals surface area contributed by atoms with E-state index >= 15 is 0 Å². The van der Waals surface area contributed by atoms with E-state index in [0.717, 1.165) is 41.7 Å². The van der Waals surface area contributed by atoms with Gasteiger partial charge in [0, 0.05) is 23.7 Å². The first-order valence-corrected chi connectivity index (χ1v) is 6.73. The van der Waals surface area contributed by atoms with Gasteiger partial charge in [0.2, 0.25) is 0 Å². The summed E-state index contributed by atoms with van der Waals surface area (Å²) in [6, 6.07) is 8.41. The second-order valence-electron chi connectivity index (χ2n) is 4.79. The summed E-state index contributed by atoms with van der Waals surface area (Å²) in [4.78, 5) is 4.46. The molecule has 1 atom stereocenters. The smallest absolute Gasteiger partial charge is 0.121 e. The number of fused-ring (bicyclic) bond motifs is 1. The van der Waals surface area contributed by atoms with Crippen LogP contribution in [0.15, 0.2) is 30.5 Å². The summed E-state index contributed by atoms with van der Waals surface area (Å²) in [5.74, 6) is 0.854. The fourth-order valence-electron chi connectivity index (χ4n) is 2.18. The van der Waals surface area contributed by atoms with Crippen LogP contribution in [0.2, 0.25) is 0 Å². The Bertz CT molecular complexity index is 542.